The van der Waals surface area contributed by atoms with Gasteiger partial charge in [-0.05, 0) is 29.2 Å². The van der Waals surface area contributed by atoms with Crippen LogP contribution in [-0.2, 0) is 10.7 Å². The quantitative estimate of drug-likeness (QED) is 0.412. The van der Waals surface area contributed by atoms with Crippen molar-refractivity contribution in [1.29, 1.82) is 0 Å². The van der Waals surface area contributed by atoms with Crippen molar-refractivity contribution in [2.45, 2.75) is 13.1 Å². The van der Waals surface area contributed by atoms with Crippen molar-refractivity contribution < 1.29 is 73.5 Å². The summed E-state index contributed by atoms with van der Waals surface area (Å²) < 4.78 is 10.8. The van der Waals surface area contributed by atoms with E-state index >= 15 is 0 Å². The number of hydrogen-bond donors (Lipinski definition) is 0. The minimum absolute atomic E-state index is 0. The van der Waals surface area contributed by atoms with E-state index in [1.54, 1.807) is 6.07 Å². The SMILES string of the molecule is Cc1cc(CP(=O)([O-])[O-])c2cccccc1-2.[Na+].[Na+]. The predicted octanol–water partition coefficient (Wildman–Crippen LogP) is -4.48. The van der Waals surface area contributed by atoms with Crippen LogP contribution < -0.4 is 68.9 Å². The van der Waals surface area contributed by atoms with Crippen LogP contribution in [0.15, 0.2) is 36.4 Å². The van der Waals surface area contributed by atoms with Gasteiger partial charge < -0.3 is 14.4 Å². The van der Waals surface area contributed by atoms with Crippen LogP contribution in [0, 0.1) is 6.92 Å². The zero-order chi connectivity index (χ0) is 11.8. The van der Waals surface area contributed by atoms with Crippen molar-refractivity contribution in [1.82, 2.24) is 0 Å². The summed E-state index contributed by atoms with van der Waals surface area (Å²) in [6, 6.07) is 11.1. The Morgan fingerprint density at radius 3 is 2.17 bits per heavy atom. The van der Waals surface area contributed by atoms with E-state index in [1.165, 1.54) is 0 Å². The molecule has 2 aliphatic carbocycles. The molecule has 0 N–H and O–H groups in total. The van der Waals surface area contributed by atoms with Gasteiger partial charge >= 0.3 is 59.1 Å². The molecule has 0 amide bonds. The summed E-state index contributed by atoms with van der Waals surface area (Å²) in [7, 11) is -4.50. The number of hydrogen-bond acceptors (Lipinski definition) is 3. The van der Waals surface area contributed by atoms with Gasteiger partial charge in [0.1, 0.15) is 0 Å². The molecule has 0 aromatic carbocycles. The van der Waals surface area contributed by atoms with E-state index in [1.807, 2.05) is 37.3 Å². The summed E-state index contributed by atoms with van der Waals surface area (Å²) in [6.07, 6.45) is -0.415. The van der Waals surface area contributed by atoms with E-state index in [4.69, 9.17) is 0 Å². The summed E-state index contributed by atoms with van der Waals surface area (Å²) in [4.78, 5) is 21.6. The molecule has 6 heteroatoms. The second-order valence-corrected chi connectivity index (χ2v) is 5.40. The van der Waals surface area contributed by atoms with Crippen LogP contribution in [0.4, 0.5) is 0 Å². The summed E-state index contributed by atoms with van der Waals surface area (Å²) in [5.74, 6) is 0. The van der Waals surface area contributed by atoms with Gasteiger partial charge in [-0.3, -0.25) is 0 Å². The molecule has 0 saturated carbocycles. The fraction of sp³-hybridized carbons (Fsp3) is 0.167. The van der Waals surface area contributed by atoms with Crippen LogP contribution in [0.3, 0.4) is 0 Å². The predicted molar refractivity (Wildman–Crippen MR) is 59.1 cm³/mol. The molecule has 2 rings (SSSR count). The molecule has 0 heterocycles. The smallest absolute Gasteiger partial charge is 0.810 e. The molecular weight excluding hydrogens is 269 g/mol. The molecule has 0 aromatic heterocycles. The molecule has 18 heavy (non-hydrogen) atoms. The number of aryl methyl sites for hydroxylation is 1. The first kappa shape index (κ1) is 18.9. The standard InChI is InChI=1S/C12H13O3P.2Na/c1-9-7-10(8-16(13,14)15)12-6-4-2-3-5-11(9)12;;/h2-7H,8H2,1H3,(H2,13,14,15);;/q;2*+1/p-2. The Morgan fingerprint density at radius 2 is 1.61 bits per heavy atom. The van der Waals surface area contributed by atoms with Gasteiger partial charge in [0.2, 0.25) is 0 Å². The Bertz CT molecular complexity index is 539. The Balaban J connectivity index is 0.00000144. The van der Waals surface area contributed by atoms with Crippen LogP contribution in [0.5, 0.6) is 0 Å². The van der Waals surface area contributed by atoms with Crippen LogP contribution in [0.2, 0.25) is 0 Å². The van der Waals surface area contributed by atoms with Crippen molar-refractivity contribution >= 4 is 7.60 Å². The van der Waals surface area contributed by atoms with Crippen molar-refractivity contribution in [2.24, 2.45) is 0 Å². The van der Waals surface area contributed by atoms with E-state index < -0.39 is 13.8 Å². The van der Waals surface area contributed by atoms with Crippen LogP contribution >= 0.6 is 7.60 Å². The molecule has 0 saturated heterocycles. The van der Waals surface area contributed by atoms with Gasteiger partial charge in [0.05, 0.1) is 0 Å². The van der Waals surface area contributed by atoms with E-state index in [-0.39, 0.29) is 59.1 Å². The van der Waals surface area contributed by atoms with Gasteiger partial charge in [0, 0.05) is 6.16 Å². The van der Waals surface area contributed by atoms with E-state index in [2.05, 4.69) is 0 Å². The largest absolute Gasteiger partial charge is 1.00 e. The van der Waals surface area contributed by atoms with Crippen molar-refractivity contribution in [2.75, 3.05) is 0 Å². The third-order valence-corrected chi connectivity index (χ3v) is 3.29. The average molecular weight is 280 g/mol. The van der Waals surface area contributed by atoms with Gasteiger partial charge in [0.15, 0.2) is 0 Å². The van der Waals surface area contributed by atoms with Crippen LogP contribution in [0.25, 0.3) is 11.1 Å². The molecule has 0 radical (unpaired) electrons. The maximum atomic E-state index is 10.8. The molecule has 0 unspecified atom stereocenters. The van der Waals surface area contributed by atoms with Gasteiger partial charge in [0.25, 0.3) is 0 Å². The summed E-state index contributed by atoms with van der Waals surface area (Å²) in [5.41, 5.74) is 3.43. The van der Waals surface area contributed by atoms with Crippen LogP contribution in [-0.4, -0.2) is 0 Å². The first-order valence-corrected chi connectivity index (χ1v) is 6.68. The monoisotopic (exact) mass is 280 g/mol. The van der Waals surface area contributed by atoms with Gasteiger partial charge in [-0.1, -0.05) is 44.0 Å². The zero-order valence-electron chi connectivity index (χ0n) is 10.8. The number of fused-ring (bicyclic) bond motifs is 1. The topological polar surface area (TPSA) is 63.2 Å². The van der Waals surface area contributed by atoms with Crippen molar-refractivity contribution in [3.05, 3.63) is 47.5 Å². The molecule has 84 valence electrons. The van der Waals surface area contributed by atoms with E-state index in [0.29, 0.717) is 5.56 Å². The third-order valence-electron chi connectivity index (χ3n) is 2.56. The Labute approximate surface area is 151 Å². The summed E-state index contributed by atoms with van der Waals surface area (Å²) in [6.45, 7) is 1.91. The fourth-order valence-corrected chi connectivity index (χ4v) is 2.61. The van der Waals surface area contributed by atoms with Crippen molar-refractivity contribution in [3.8, 4) is 11.1 Å². The second-order valence-electron chi connectivity index (χ2n) is 3.86. The maximum Gasteiger partial charge on any atom is 1.00 e. The first-order chi connectivity index (χ1) is 7.47. The van der Waals surface area contributed by atoms with Gasteiger partial charge in [-0.25, -0.2) is 0 Å². The third kappa shape index (κ3) is 4.75. The Kier molecular flexibility index (Phi) is 7.94. The maximum absolute atomic E-state index is 10.8. The summed E-state index contributed by atoms with van der Waals surface area (Å²) >= 11 is 0. The van der Waals surface area contributed by atoms with E-state index in [9.17, 15) is 14.4 Å². The summed E-state index contributed by atoms with van der Waals surface area (Å²) in [5, 5.41) is 0. The van der Waals surface area contributed by atoms with E-state index in [0.717, 1.165) is 16.7 Å². The van der Waals surface area contributed by atoms with Crippen LogP contribution in [0.1, 0.15) is 11.1 Å². The molecule has 2 aliphatic rings. The molecule has 0 bridgehead atoms. The minimum Gasteiger partial charge on any atom is -0.810 e. The molecule has 0 aromatic rings. The normalized spacial score (nSPS) is 10.6. The first-order valence-electron chi connectivity index (χ1n) is 4.96. The second kappa shape index (κ2) is 7.58. The number of rotatable bonds is 2. The molecule has 0 atom stereocenters. The molecule has 3 nitrogen and oxygen atoms in total. The molecule has 0 fully saturated rings. The zero-order valence-corrected chi connectivity index (χ0v) is 15.7. The van der Waals surface area contributed by atoms with Gasteiger partial charge in [-0.15, -0.1) is 0 Å². The average Bonchev–Trinajstić information content (AvgIpc) is 2.39. The fourth-order valence-electron chi connectivity index (χ4n) is 1.93. The molecule has 0 spiro atoms. The Morgan fingerprint density at radius 1 is 1.06 bits per heavy atom. The Hall–Kier alpha value is 0.850. The molecular formula is C12H11Na2O3P. The molecule has 0 aliphatic heterocycles. The minimum atomic E-state index is -4.50. The van der Waals surface area contributed by atoms with Crippen molar-refractivity contribution in [3.63, 3.8) is 0 Å². The van der Waals surface area contributed by atoms with Gasteiger partial charge in [-0.2, -0.15) is 0 Å².